The topological polar surface area (TPSA) is 36.3 Å². The summed E-state index contributed by atoms with van der Waals surface area (Å²) in [7, 11) is 0. The highest BCUT2D eigenvalue weighted by atomic mass is 16.5. The highest BCUT2D eigenvalue weighted by molar-refractivity contribution is 5.88. The van der Waals surface area contributed by atoms with Crippen molar-refractivity contribution in [3.8, 4) is 11.5 Å². The molecule has 0 atom stereocenters. The van der Waals surface area contributed by atoms with Crippen LogP contribution in [0.15, 0.2) is 109 Å². The number of benzene rings is 5. The van der Waals surface area contributed by atoms with Gasteiger partial charge >= 0.3 is 0 Å². The fraction of sp³-hybridized carbons (Fsp3) is 0.156. The standard InChI is InChI=1S/C32H28N2O2/c1-2-12-26-22-27(19-18-24(26)10-1)35-21-8-7-20-34-30-16-6-5-15-29(30)33-32(34)23-36-31-17-9-13-25-11-3-4-14-28(25)31/h1-6,9-19,22H,7-8,20-21,23H2. The zero-order chi connectivity index (χ0) is 24.2. The van der Waals surface area contributed by atoms with Crippen LogP contribution in [0.4, 0.5) is 0 Å². The largest absolute Gasteiger partial charge is 0.494 e. The van der Waals surface area contributed by atoms with Crippen molar-refractivity contribution < 1.29 is 9.47 Å². The molecule has 5 aromatic carbocycles. The molecule has 4 nitrogen and oxygen atoms in total. The first kappa shape index (κ1) is 22.2. The van der Waals surface area contributed by atoms with E-state index in [0.717, 1.165) is 53.1 Å². The Balaban J connectivity index is 1.12. The van der Waals surface area contributed by atoms with Crippen LogP contribution in [0.2, 0.25) is 0 Å². The van der Waals surface area contributed by atoms with Crippen LogP contribution in [0.25, 0.3) is 32.6 Å². The second-order valence-electron chi connectivity index (χ2n) is 9.00. The smallest absolute Gasteiger partial charge is 0.147 e. The van der Waals surface area contributed by atoms with E-state index >= 15 is 0 Å². The first-order valence-electron chi connectivity index (χ1n) is 12.5. The van der Waals surface area contributed by atoms with Gasteiger partial charge in [-0.05, 0) is 59.3 Å². The van der Waals surface area contributed by atoms with Crippen molar-refractivity contribution in [1.29, 1.82) is 0 Å². The summed E-state index contributed by atoms with van der Waals surface area (Å²) in [6.45, 7) is 1.99. The Labute approximate surface area is 210 Å². The maximum Gasteiger partial charge on any atom is 0.147 e. The summed E-state index contributed by atoms with van der Waals surface area (Å²) in [5, 5.41) is 4.73. The molecule has 6 rings (SSSR count). The number of fused-ring (bicyclic) bond motifs is 3. The number of nitrogens with zero attached hydrogens (tertiary/aromatic N) is 2. The lowest BCUT2D eigenvalue weighted by Gasteiger charge is -2.12. The van der Waals surface area contributed by atoms with Gasteiger partial charge in [-0.2, -0.15) is 0 Å². The molecule has 0 aliphatic heterocycles. The highest BCUT2D eigenvalue weighted by Gasteiger charge is 2.12. The lowest BCUT2D eigenvalue weighted by Crippen LogP contribution is -2.09. The molecule has 1 aromatic heterocycles. The molecule has 0 fully saturated rings. The van der Waals surface area contributed by atoms with E-state index in [2.05, 4.69) is 89.5 Å². The van der Waals surface area contributed by atoms with Crippen LogP contribution in [0, 0.1) is 0 Å². The van der Waals surface area contributed by atoms with Gasteiger partial charge in [0.2, 0.25) is 0 Å². The van der Waals surface area contributed by atoms with Gasteiger partial charge in [0.15, 0.2) is 0 Å². The molecule has 4 heteroatoms. The molecule has 6 aromatic rings. The van der Waals surface area contributed by atoms with Crippen LogP contribution >= 0.6 is 0 Å². The second kappa shape index (κ2) is 10.1. The first-order chi connectivity index (χ1) is 17.8. The van der Waals surface area contributed by atoms with E-state index in [-0.39, 0.29) is 0 Å². The molecule has 0 saturated carbocycles. The van der Waals surface area contributed by atoms with Gasteiger partial charge in [-0.1, -0.05) is 78.9 Å². The molecule has 0 aliphatic carbocycles. The van der Waals surface area contributed by atoms with Crippen molar-refractivity contribution in [3.63, 3.8) is 0 Å². The minimum absolute atomic E-state index is 0.427. The lowest BCUT2D eigenvalue weighted by molar-refractivity contribution is 0.287. The summed E-state index contributed by atoms with van der Waals surface area (Å²) in [5.41, 5.74) is 2.14. The van der Waals surface area contributed by atoms with E-state index in [1.54, 1.807) is 0 Å². The molecule has 0 spiro atoms. The highest BCUT2D eigenvalue weighted by Crippen LogP contribution is 2.27. The summed E-state index contributed by atoms with van der Waals surface area (Å²) in [6.07, 6.45) is 1.96. The number of aromatic nitrogens is 2. The first-order valence-corrected chi connectivity index (χ1v) is 12.5. The van der Waals surface area contributed by atoms with Gasteiger partial charge in [-0.15, -0.1) is 0 Å². The summed E-state index contributed by atoms with van der Waals surface area (Å²) < 4.78 is 14.6. The minimum Gasteiger partial charge on any atom is -0.494 e. The van der Waals surface area contributed by atoms with E-state index < -0.39 is 0 Å². The zero-order valence-corrected chi connectivity index (χ0v) is 20.1. The molecular formula is C32H28N2O2. The van der Waals surface area contributed by atoms with Gasteiger partial charge in [0.25, 0.3) is 0 Å². The van der Waals surface area contributed by atoms with Gasteiger partial charge in [0.05, 0.1) is 17.6 Å². The zero-order valence-electron chi connectivity index (χ0n) is 20.1. The van der Waals surface area contributed by atoms with Crippen molar-refractivity contribution in [2.45, 2.75) is 26.0 Å². The molecule has 0 aliphatic rings. The predicted molar refractivity (Wildman–Crippen MR) is 147 cm³/mol. The van der Waals surface area contributed by atoms with Crippen molar-refractivity contribution in [3.05, 3.63) is 115 Å². The van der Waals surface area contributed by atoms with Gasteiger partial charge in [0.1, 0.15) is 23.9 Å². The molecule has 0 unspecified atom stereocenters. The van der Waals surface area contributed by atoms with Crippen LogP contribution in [-0.4, -0.2) is 16.2 Å². The third kappa shape index (κ3) is 4.63. The van der Waals surface area contributed by atoms with Crippen molar-refractivity contribution in [1.82, 2.24) is 9.55 Å². The molecular weight excluding hydrogens is 444 g/mol. The van der Waals surface area contributed by atoms with E-state index in [4.69, 9.17) is 14.5 Å². The van der Waals surface area contributed by atoms with Crippen LogP contribution in [0.3, 0.4) is 0 Å². The number of ether oxygens (including phenoxy) is 2. The van der Waals surface area contributed by atoms with Crippen molar-refractivity contribution >= 4 is 32.6 Å². The molecule has 178 valence electrons. The Morgan fingerprint density at radius 2 is 1.42 bits per heavy atom. The monoisotopic (exact) mass is 472 g/mol. The SMILES string of the molecule is c1ccc2cc(OCCCCn3c(COc4cccc5ccccc45)nc4ccccc43)ccc2c1. The summed E-state index contributed by atoms with van der Waals surface area (Å²) in [4.78, 5) is 4.89. The van der Waals surface area contributed by atoms with Crippen LogP contribution in [0.5, 0.6) is 11.5 Å². The Morgan fingerprint density at radius 1 is 0.639 bits per heavy atom. The Morgan fingerprint density at radius 3 is 2.36 bits per heavy atom. The number of hydrogen-bond donors (Lipinski definition) is 0. The summed E-state index contributed by atoms with van der Waals surface area (Å²) >= 11 is 0. The number of unbranched alkanes of at least 4 members (excludes halogenated alkanes) is 1. The molecule has 36 heavy (non-hydrogen) atoms. The lowest BCUT2D eigenvalue weighted by atomic mass is 10.1. The van der Waals surface area contributed by atoms with E-state index in [0.29, 0.717) is 13.2 Å². The van der Waals surface area contributed by atoms with Crippen LogP contribution in [-0.2, 0) is 13.2 Å². The van der Waals surface area contributed by atoms with Crippen molar-refractivity contribution in [2.24, 2.45) is 0 Å². The molecule has 0 amide bonds. The number of aryl methyl sites for hydroxylation is 1. The number of hydrogen-bond acceptors (Lipinski definition) is 3. The average Bonchev–Trinajstić information content (AvgIpc) is 3.29. The fourth-order valence-electron chi connectivity index (χ4n) is 4.77. The van der Waals surface area contributed by atoms with Gasteiger partial charge in [0, 0.05) is 11.9 Å². The number of para-hydroxylation sites is 2. The van der Waals surface area contributed by atoms with Gasteiger partial charge in [-0.25, -0.2) is 4.98 Å². The van der Waals surface area contributed by atoms with E-state index in [1.807, 2.05) is 24.3 Å². The molecule has 0 saturated heterocycles. The van der Waals surface area contributed by atoms with E-state index in [1.165, 1.54) is 16.2 Å². The minimum atomic E-state index is 0.427. The molecule has 0 radical (unpaired) electrons. The average molecular weight is 473 g/mol. The molecule has 0 N–H and O–H groups in total. The van der Waals surface area contributed by atoms with Gasteiger partial charge in [-0.3, -0.25) is 0 Å². The molecule has 1 heterocycles. The predicted octanol–water partition coefficient (Wildman–Crippen LogP) is 7.78. The normalized spacial score (nSPS) is 11.3. The number of rotatable bonds is 9. The van der Waals surface area contributed by atoms with Gasteiger partial charge < -0.3 is 14.0 Å². The van der Waals surface area contributed by atoms with Crippen LogP contribution < -0.4 is 9.47 Å². The Hall–Kier alpha value is -4.31. The van der Waals surface area contributed by atoms with E-state index in [9.17, 15) is 0 Å². The maximum absolute atomic E-state index is 6.29. The third-order valence-corrected chi connectivity index (χ3v) is 6.61. The Bertz CT molecular complexity index is 1630. The summed E-state index contributed by atoms with van der Waals surface area (Å²) in [5.74, 6) is 2.75. The Kier molecular flexibility index (Phi) is 6.24. The quantitative estimate of drug-likeness (QED) is 0.202. The summed E-state index contributed by atoms with van der Waals surface area (Å²) in [6, 6.07) is 37.4. The molecule has 0 bridgehead atoms. The third-order valence-electron chi connectivity index (χ3n) is 6.61. The maximum atomic E-state index is 6.29. The van der Waals surface area contributed by atoms with Crippen LogP contribution in [0.1, 0.15) is 18.7 Å². The fourth-order valence-corrected chi connectivity index (χ4v) is 4.77. The number of imidazole rings is 1. The second-order valence-corrected chi connectivity index (χ2v) is 9.00. The van der Waals surface area contributed by atoms with Crippen molar-refractivity contribution in [2.75, 3.05) is 6.61 Å².